The second kappa shape index (κ2) is 8.83. The molecular weight excluding hydrogens is 264 g/mol. The molecule has 0 spiro atoms. The summed E-state index contributed by atoms with van der Waals surface area (Å²) in [6, 6.07) is 9.13. The van der Waals surface area contributed by atoms with Gasteiger partial charge in [-0.15, -0.1) is 0 Å². The van der Waals surface area contributed by atoms with Gasteiger partial charge in [-0.2, -0.15) is 0 Å². The Kier molecular flexibility index (Phi) is 7.44. The number of esters is 1. The van der Waals surface area contributed by atoms with Crippen molar-refractivity contribution in [2.75, 3.05) is 6.61 Å². The molecular formula is C18H28O3. The predicted octanol–water partition coefficient (Wildman–Crippen LogP) is 4.04. The summed E-state index contributed by atoms with van der Waals surface area (Å²) in [7, 11) is 0. The summed E-state index contributed by atoms with van der Waals surface area (Å²) in [5, 5.41) is 11.0. The summed E-state index contributed by atoms with van der Waals surface area (Å²) >= 11 is 0. The van der Waals surface area contributed by atoms with Crippen molar-refractivity contribution in [2.45, 2.75) is 58.5 Å². The number of hydrogen-bond donors (Lipinski definition) is 1. The standard InChI is InChI=1S/C18H28O3/c1-4-6-7-9-12-15(3)18(20,17(19)21-5-2)16-13-10-8-11-14-16/h8,10-11,13-15,20H,4-7,9,12H2,1-3H3/t15-,18+/m0/s1. The number of rotatable bonds is 9. The van der Waals surface area contributed by atoms with E-state index in [4.69, 9.17) is 4.74 Å². The van der Waals surface area contributed by atoms with Crippen molar-refractivity contribution >= 4 is 5.97 Å². The van der Waals surface area contributed by atoms with Crippen molar-refractivity contribution in [1.82, 2.24) is 0 Å². The van der Waals surface area contributed by atoms with Gasteiger partial charge in [-0.1, -0.05) is 69.9 Å². The van der Waals surface area contributed by atoms with Gasteiger partial charge < -0.3 is 9.84 Å². The number of carbonyl (C=O) groups is 1. The SMILES string of the molecule is CCCCCC[C@H](C)[C@](O)(C(=O)OCC)c1ccccc1. The van der Waals surface area contributed by atoms with E-state index in [0.29, 0.717) is 5.56 Å². The fraction of sp³-hybridized carbons (Fsp3) is 0.611. The number of carbonyl (C=O) groups excluding carboxylic acids is 1. The molecule has 0 unspecified atom stereocenters. The first-order valence-corrected chi connectivity index (χ1v) is 8.02. The average molecular weight is 292 g/mol. The quantitative estimate of drug-likeness (QED) is 0.552. The predicted molar refractivity (Wildman–Crippen MR) is 84.9 cm³/mol. The number of unbranched alkanes of at least 4 members (excludes halogenated alkanes) is 3. The van der Waals surface area contributed by atoms with Crippen LogP contribution in [0.2, 0.25) is 0 Å². The molecule has 118 valence electrons. The van der Waals surface area contributed by atoms with Gasteiger partial charge in [0, 0.05) is 5.92 Å². The molecule has 2 atom stereocenters. The minimum absolute atomic E-state index is 0.171. The van der Waals surface area contributed by atoms with Gasteiger partial charge in [0.2, 0.25) is 0 Å². The Morgan fingerprint density at radius 1 is 1.19 bits per heavy atom. The Labute approximate surface area is 128 Å². The van der Waals surface area contributed by atoms with Crippen molar-refractivity contribution in [3.63, 3.8) is 0 Å². The third kappa shape index (κ3) is 4.57. The fourth-order valence-electron chi connectivity index (χ4n) is 2.62. The van der Waals surface area contributed by atoms with Crippen LogP contribution in [0.25, 0.3) is 0 Å². The van der Waals surface area contributed by atoms with Crippen molar-refractivity contribution in [2.24, 2.45) is 5.92 Å². The molecule has 0 aromatic heterocycles. The summed E-state index contributed by atoms with van der Waals surface area (Å²) in [5.41, 5.74) is -0.935. The second-order valence-electron chi connectivity index (χ2n) is 5.60. The molecule has 0 radical (unpaired) electrons. The van der Waals surface area contributed by atoms with Crippen molar-refractivity contribution in [1.29, 1.82) is 0 Å². The molecule has 1 N–H and O–H groups in total. The van der Waals surface area contributed by atoms with Crippen LogP contribution < -0.4 is 0 Å². The molecule has 3 nitrogen and oxygen atoms in total. The Balaban J connectivity index is 2.89. The summed E-state index contributed by atoms with van der Waals surface area (Å²) < 4.78 is 5.12. The van der Waals surface area contributed by atoms with Gasteiger partial charge in [0.25, 0.3) is 0 Å². The first kappa shape index (κ1) is 17.7. The summed E-state index contributed by atoms with van der Waals surface area (Å²) in [6.45, 7) is 6.13. The van der Waals surface area contributed by atoms with E-state index in [0.717, 1.165) is 19.3 Å². The number of benzene rings is 1. The number of ether oxygens (including phenoxy) is 1. The average Bonchev–Trinajstić information content (AvgIpc) is 2.51. The molecule has 0 saturated heterocycles. The van der Waals surface area contributed by atoms with Gasteiger partial charge >= 0.3 is 5.97 Å². The van der Waals surface area contributed by atoms with Gasteiger partial charge in [0.15, 0.2) is 5.60 Å². The van der Waals surface area contributed by atoms with E-state index in [-0.39, 0.29) is 12.5 Å². The lowest BCUT2D eigenvalue weighted by Crippen LogP contribution is -2.43. The van der Waals surface area contributed by atoms with Crippen molar-refractivity contribution in [3.05, 3.63) is 35.9 Å². The van der Waals surface area contributed by atoms with Crippen LogP contribution in [0.3, 0.4) is 0 Å². The van der Waals surface area contributed by atoms with E-state index >= 15 is 0 Å². The molecule has 1 rings (SSSR count). The van der Waals surface area contributed by atoms with E-state index in [1.807, 2.05) is 25.1 Å². The lowest BCUT2D eigenvalue weighted by Gasteiger charge is -2.32. The van der Waals surface area contributed by atoms with Crippen LogP contribution in [0, 0.1) is 5.92 Å². The van der Waals surface area contributed by atoms with E-state index in [1.54, 1.807) is 19.1 Å². The molecule has 0 saturated carbocycles. The molecule has 0 aliphatic carbocycles. The van der Waals surface area contributed by atoms with E-state index in [9.17, 15) is 9.90 Å². The van der Waals surface area contributed by atoms with Crippen molar-refractivity contribution < 1.29 is 14.6 Å². The monoisotopic (exact) mass is 292 g/mol. The minimum atomic E-state index is -1.55. The molecule has 1 aromatic carbocycles. The molecule has 0 bridgehead atoms. The molecule has 0 aliphatic heterocycles. The van der Waals surface area contributed by atoms with Crippen LogP contribution in [-0.4, -0.2) is 17.7 Å². The second-order valence-corrected chi connectivity index (χ2v) is 5.60. The zero-order valence-corrected chi connectivity index (χ0v) is 13.5. The van der Waals surface area contributed by atoms with Crippen molar-refractivity contribution in [3.8, 4) is 0 Å². The maximum absolute atomic E-state index is 12.3. The molecule has 0 heterocycles. The summed E-state index contributed by atoms with van der Waals surface area (Å²) in [5.74, 6) is -0.713. The zero-order chi connectivity index (χ0) is 15.7. The summed E-state index contributed by atoms with van der Waals surface area (Å²) in [6.07, 6.45) is 5.33. The Morgan fingerprint density at radius 3 is 2.43 bits per heavy atom. The largest absolute Gasteiger partial charge is 0.464 e. The molecule has 3 heteroatoms. The third-order valence-electron chi connectivity index (χ3n) is 4.00. The van der Waals surface area contributed by atoms with Crippen LogP contribution >= 0.6 is 0 Å². The topological polar surface area (TPSA) is 46.5 Å². The summed E-state index contributed by atoms with van der Waals surface area (Å²) in [4.78, 5) is 12.3. The molecule has 21 heavy (non-hydrogen) atoms. The Hall–Kier alpha value is -1.35. The maximum atomic E-state index is 12.3. The van der Waals surface area contributed by atoms with Gasteiger partial charge in [0.1, 0.15) is 0 Å². The van der Waals surface area contributed by atoms with Crippen LogP contribution in [0.1, 0.15) is 58.4 Å². The number of hydrogen-bond acceptors (Lipinski definition) is 3. The molecule has 0 fully saturated rings. The lowest BCUT2D eigenvalue weighted by atomic mass is 9.79. The Morgan fingerprint density at radius 2 is 1.86 bits per heavy atom. The van der Waals surface area contributed by atoms with Gasteiger partial charge in [-0.25, -0.2) is 4.79 Å². The zero-order valence-electron chi connectivity index (χ0n) is 13.5. The van der Waals surface area contributed by atoms with Crippen LogP contribution in [0.15, 0.2) is 30.3 Å². The van der Waals surface area contributed by atoms with E-state index in [2.05, 4.69) is 6.92 Å². The highest BCUT2D eigenvalue weighted by Crippen LogP contribution is 2.34. The van der Waals surface area contributed by atoms with Gasteiger partial charge in [0.05, 0.1) is 6.61 Å². The molecule has 0 aliphatic rings. The highest BCUT2D eigenvalue weighted by Gasteiger charge is 2.44. The highest BCUT2D eigenvalue weighted by molar-refractivity contribution is 5.81. The maximum Gasteiger partial charge on any atom is 0.343 e. The van der Waals surface area contributed by atoms with Crippen LogP contribution in [-0.2, 0) is 15.1 Å². The third-order valence-corrected chi connectivity index (χ3v) is 4.00. The van der Waals surface area contributed by atoms with Crippen LogP contribution in [0.5, 0.6) is 0 Å². The Bertz CT molecular complexity index is 416. The molecule has 1 aromatic rings. The highest BCUT2D eigenvalue weighted by atomic mass is 16.5. The lowest BCUT2D eigenvalue weighted by molar-refractivity contribution is -0.173. The first-order valence-electron chi connectivity index (χ1n) is 8.02. The smallest absolute Gasteiger partial charge is 0.343 e. The van der Waals surface area contributed by atoms with E-state index in [1.165, 1.54) is 12.8 Å². The van der Waals surface area contributed by atoms with E-state index < -0.39 is 11.6 Å². The van der Waals surface area contributed by atoms with Gasteiger partial charge in [-0.3, -0.25) is 0 Å². The molecule has 0 amide bonds. The first-order chi connectivity index (χ1) is 10.1. The van der Waals surface area contributed by atoms with Crippen LogP contribution in [0.4, 0.5) is 0 Å². The van der Waals surface area contributed by atoms with Gasteiger partial charge in [-0.05, 0) is 18.9 Å². The minimum Gasteiger partial charge on any atom is -0.464 e. The number of aliphatic hydroxyl groups is 1. The normalized spacial score (nSPS) is 15.2. The fourth-order valence-corrected chi connectivity index (χ4v) is 2.62.